The molecule has 1 fully saturated rings. The zero-order valence-corrected chi connectivity index (χ0v) is 23.1. The zero-order valence-electron chi connectivity index (χ0n) is 22.2. The number of hydrogen-bond acceptors (Lipinski definition) is 7. The van der Waals surface area contributed by atoms with Crippen molar-refractivity contribution in [2.24, 2.45) is 14.1 Å². The van der Waals surface area contributed by atoms with Crippen molar-refractivity contribution < 1.29 is 9.90 Å². The molecule has 1 aromatic heterocycles. The third-order valence-corrected chi connectivity index (χ3v) is 8.47. The van der Waals surface area contributed by atoms with Gasteiger partial charge in [0.25, 0.3) is 5.56 Å². The number of aliphatic carboxylic acids is 1. The van der Waals surface area contributed by atoms with Crippen LogP contribution in [-0.2, 0) is 18.9 Å². The first kappa shape index (κ1) is 26.8. The van der Waals surface area contributed by atoms with Gasteiger partial charge in [-0.3, -0.25) is 13.9 Å². The Balaban J connectivity index is 1.27. The molecule has 204 valence electrons. The lowest BCUT2D eigenvalue weighted by Gasteiger charge is -2.33. The average molecular weight is 548 g/mol. The van der Waals surface area contributed by atoms with Gasteiger partial charge in [0.15, 0.2) is 0 Å². The Bertz CT molecular complexity index is 1530. The molecule has 0 aliphatic carbocycles. The largest absolute Gasteiger partial charge is 0.478 e. The van der Waals surface area contributed by atoms with E-state index in [-0.39, 0.29) is 11.2 Å². The van der Waals surface area contributed by atoms with E-state index in [1.165, 1.54) is 23.7 Å². The van der Waals surface area contributed by atoms with E-state index in [0.29, 0.717) is 5.82 Å². The Morgan fingerprint density at radius 3 is 2.54 bits per heavy atom. The standard InChI is InChI=1S/C29H33N5O4S/c1-30-26(20-27(35)31(2)29(30)38)33-15-5-13-32(17-18-33)14-6-16-34-22-7-3-4-8-24(22)39-25-11-9-21(19-23(25)34)10-12-28(36)37/h3-4,7-12,19-20H,5-6,13-18H2,1-2H3,(H,36,37)/b12-10+. The highest BCUT2D eigenvalue weighted by Crippen LogP contribution is 2.48. The molecule has 0 spiro atoms. The number of aromatic nitrogens is 2. The Morgan fingerprint density at radius 1 is 0.923 bits per heavy atom. The van der Waals surface area contributed by atoms with Gasteiger partial charge in [-0.1, -0.05) is 30.0 Å². The summed E-state index contributed by atoms with van der Waals surface area (Å²) in [7, 11) is 3.22. The van der Waals surface area contributed by atoms with Crippen LogP contribution in [0, 0.1) is 0 Å². The number of carboxylic acids is 1. The summed E-state index contributed by atoms with van der Waals surface area (Å²) in [6.07, 6.45) is 4.71. The van der Waals surface area contributed by atoms with Crippen molar-refractivity contribution in [1.82, 2.24) is 14.0 Å². The maximum absolute atomic E-state index is 12.4. The van der Waals surface area contributed by atoms with E-state index in [1.54, 1.807) is 35.5 Å². The second-order valence-electron chi connectivity index (χ2n) is 9.90. The number of carbonyl (C=O) groups is 1. The SMILES string of the molecule is Cn1c(N2CCCN(CCCN3c4ccccc4Sc4ccc(/C=C/C(=O)O)cc43)CC2)cc(=O)n(C)c1=O. The van der Waals surface area contributed by atoms with Crippen LogP contribution >= 0.6 is 11.8 Å². The third-order valence-electron chi connectivity index (χ3n) is 7.34. The normalized spacial score (nSPS) is 15.7. The molecule has 1 N–H and O–H groups in total. The van der Waals surface area contributed by atoms with Gasteiger partial charge in [0.2, 0.25) is 0 Å². The predicted molar refractivity (Wildman–Crippen MR) is 155 cm³/mol. The third kappa shape index (κ3) is 5.81. The molecule has 2 aliphatic heterocycles. The minimum absolute atomic E-state index is 0.281. The summed E-state index contributed by atoms with van der Waals surface area (Å²) >= 11 is 1.74. The Kier molecular flexibility index (Phi) is 7.94. The molecule has 3 heterocycles. The molecular weight excluding hydrogens is 514 g/mol. The molecule has 1 saturated heterocycles. The molecule has 0 saturated carbocycles. The molecule has 0 unspecified atom stereocenters. The second-order valence-corrected chi connectivity index (χ2v) is 11.0. The fraction of sp³-hybridized carbons (Fsp3) is 0.345. The highest BCUT2D eigenvalue weighted by Gasteiger charge is 2.24. The number of benzene rings is 2. The molecule has 2 aliphatic rings. The Morgan fingerprint density at radius 2 is 1.72 bits per heavy atom. The van der Waals surface area contributed by atoms with Crippen LogP contribution in [0.15, 0.2) is 74.0 Å². The van der Waals surface area contributed by atoms with E-state index in [0.717, 1.165) is 72.8 Å². The molecule has 9 nitrogen and oxygen atoms in total. The molecule has 39 heavy (non-hydrogen) atoms. The minimum atomic E-state index is -0.961. The van der Waals surface area contributed by atoms with Crippen LogP contribution in [0.3, 0.4) is 0 Å². The van der Waals surface area contributed by atoms with Crippen LogP contribution in [0.5, 0.6) is 0 Å². The number of fused-ring (bicyclic) bond motifs is 2. The van der Waals surface area contributed by atoms with Gasteiger partial charge in [-0.05, 0) is 61.8 Å². The van der Waals surface area contributed by atoms with Gasteiger partial charge in [0.05, 0.1) is 11.4 Å². The highest BCUT2D eigenvalue weighted by molar-refractivity contribution is 7.99. The van der Waals surface area contributed by atoms with Crippen molar-refractivity contribution in [3.05, 3.63) is 81.0 Å². The molecule has 0 bridgehead atoms. The van der Waals surface area contributed by atoms with Crippen molar-refractivity contribution in [1.29, 1.82) is 0 Å². The maximum Gasteiger partial charge on any atom is 0.332 e. The maximum atomic E-state index is 12.4. The molecule has 2 aromatic carbocycles. The summed E-state index contributed by atoms with van der Waals surface area (Å²) in [5, 5.41) is 9.05. The lowest BCUT2D eigenvalue weighted by molar-refractivity contribution is -0.131. The van der Waals surface area contributed by atoms with Crippen molar-refractivity contribution in [2.75, 3.05) is 49.1 Å². The predicted octanol–water partition coefficient (Wildman–Crippen LogP) is 3.39. The quantitative estimate of drug-likeness (QED) is 0.451. The van der Waals surface area contributed by atoms with Crippen LogP contribution in [0.25, 0.3) is 6.08 Å². The van der Waals surface area contributed by atoms with Gasteiger partial charge in [-0.25, -0.2) is 9.59 Å². The van der Waals surface area contributed by atoms with Gasteiger partial charge >= 0.3 is 11.7 Å². The highest BCUT2D eigenvalue weighted by atomic mass is 32.2. The molecular formula is C29H33N5O4S. The minimum Gasteiger partial charge on any atom is -0.478 e. The topological polar surface area (TPSA) is 91.0 Å². The van der Waals surface area contributed by atoms with Crippen LogP contribution in [0.2, 0.25) is 0 Å². The van der Waals surface area contributed by atoms with Crippen molar-refractivity contribution in [3.63, 3.8) is 0 Å². The smallest absolute Gasteiger partial charge is 0.332 e. The molecule has 3 aromatic rings. The number of carboxylic acid groups (broad SMARTS) is 1. The van der Waals surface area contributed by atoms with Crippen LogP contribution < -0.4 is 21.0 Å². The van der Waals surface area contributed by atoms with Gasteiger partial charge in [-0.15, -0.1) is 0 Å². The number of hydrogen-bond donors (Lipinski definition) is 1. The second kappa shape index (κ2) is 11.5. The summed E-state index contributed by atoms with van der Waals surface area (Å²) in [4.78, 5) is 45.0. The molecule has 0 radical (unpaired) electrons. The summed E-state index contributed by atoms with van der Waals surface area (Å²) in [5.41, 5.74) is 2.54. The molecule has 0 amide bonds. The molecule has 5 rings (SSSR count). The van der Waals surface area contributed by atoms with Crippen molar-refractivity contribution in [2.45, 2.75) is 22.6 Å². The van der Waals surface area contributed by atoms with Gasteiger partial charge in [-0.2, -0.15) is 0 Å². The number of nitrogens with zero attached hydrogens (tertiary/aromatic N) is 5. The van der Waals surface area contributed by atoms with E-state index in [2.05, 4.69) is 51.1 Å². The van der Waals surface area contributed by atoms with E-state index >= 15 is 0 Å². The van der Waals surface area contributed by atoms with Gasteiger partial charge in [0.1, 0.15) is 5.82 Å². The van der Waals surface area contributed by atoms with E-state index in [4.69, 9.17) is 5.11 Å². The average Bonchev–Trinajstić information content (AvgIpc) is 3.18. The number of rotatable bonds is 7. The fourth-order valence-corrected chi connectivity index (χ4v) is 6.34. The van der Waals surface area contributed by atoms with Crippen molar-refractivity contribution >= 4 is 41.0 Å². The lowest BCUT2D eigenvalue weighted by atomic mass is 10.1. The van der Waals surface area contributed by atoms with Gasteiger partial charge in [0, 0.05) is 62.2 Å². The first-order valence-corrected chi connectivity index (χ1v) is 14.0. The van der Waals surface area contributed by atoms with Crippen molar-refractivity contribution in [3.8, 4) is 0 Å². The summed E-state index contributed by atoms with van der Waals surface area (Å²) in [6.45, 7) is 5.14. The first-order valence-electron chi connectivity index (χ1n) is 13.2. The van der Waals surface area contributed by atoms with Gasteiger partial charge < -0.3 is 19.8 Å². The number of anilines is 3. The van der Waals surface area contributed by atoms with Crippen LogP contribution in [0.1, 0.15) is 18.4 Å². The van der Waals surface area contributed by atoms with Crippen LogP contribution in [0.4, 0.5) is 17.2 Å². The van der Waals surface area contributed by atoms with Crippen LogP contribution in [-0.4, -0.2) is 64.4 Å². The fourth-order valence-electron chi connectivity index (χ4n) is 5.26. The summed E-state index contributed by atoms with van der Waals surface area (Å²) in [5.74, 6) is -0.283. The zero-order chi connectivity index (χ0) is 27.5. The summed E-state index contributed by atoms with van der Waals surface area (Å²) < 4.78 is 2.69. The van der Waals surface area contributed by atoms with E-state index in [9.17, 15) is 14.4 Å². The Hall–Kier alpha value is -3.76. The Labute approximate surface area is 231 Å². The number of para-hydroxylation sites is 1. The molecule has 10 heteroatoms. The van der Waals surface area contributed by atoms with E-state index < -0.39 is 5.97 Å². The molecule has 0 atom stereocenters. The monoisotopic (exact) mass is 547 g/mol. The first-order chi connectivity index (χ1) is 18.8. The lowest BCUT2D eigenvalue weighted by Crippen LogP contribution is -2.41. The summed E-state index contributed by atoms with van der Waals surface area (Å²) in [6, 6.07) is 16.0. The van der Waals surface area contributed by atoms with E-state index in [1.807, 2.05) is 6.07 Å².